The van der Waals surface area contributed by atoms with E-state index in [2.05, 4.69) is 21.5 Å². The first kappa shape index (κ1) is 15.5. The Morgan fingerprint density at radius 1 is 1.39 bits per heavy atom. The molecule has 0 fully saturated rings. The molecule has 0 bridgehead atoms. The van der Waals surface area contributed by atoms with Gasteiger partial charge in [0.15, 0.2) is 0 Å². The molecule has 1 aromatic carbocycles. The number of amides is 1. The first-order valence-corrected chi connectivity index (χ1v) is 7.75. The van der Waals surface area contributed by atoms with E-state index in [1.807, 2.05) is 32.9 Å². The number of fused-ring (bicyclic) bond motifs is 1. The van der Waals surface area contributed by atoms with Gasteiger partial charge in [0.05, 0.1) is 6.04 Å². The molecule has 0 aliphatic heterocycles. The number of carbonyl (C=O) groups excluding carboxylic acids is 1. The minimum Gasteiger partial charge on any atom is -0.444 e. The normalized spacial score (nSPS) is 17.0. The summed E-state index contributed by atoms with van der Waals surface area (Å²) in [6, 6.07) is 6.03. The van der Waals surface area contributed by atoms with Gasteiger partial charge in [0.25, 0.3) is 0 Å². The van der Waals surface area contributed by atoms with Gasteiger partial charge >= 0.3 is 6.09 Å². The molecule has 0 unspecified atom stereocenters. The molecular weight excluding hydrogens is 294 g/mol. The summed E-state index contributed by atoms with van der Waals surface area (Å²) in [7, 11) is 0. The fourth-order valence-electron chi connectivity index (χ4n) is 2.77. The molecule has 1 atom stereocenters. The summed E-state index contributed by atoms with van der Waals surface area (Å²) in [5, 5.41) is 6.89. The van der Waals surface area contributed by atoms with Crippen LogP contribution in [0.1, 0.15) is 50.3 Å². The van der Waals surface area contributed by atoms with Gasteiger partial charge < -0.3 is 14.6 Å². The molecule has 1 aliphatic rings. The number of hydrogen-bond acceptors (Lipinski definition) is 5. The van der Waals surface area contributed by atoms with Crippen LogP contribution in [0.5, 0.6) is 0 Å². The Hall–Kier alpha value is -2.37. The van der Waals surface area contributed by atoms with Gasteiger partial charge in [-0.05, 0) is 50.8 Å². The summed E-state index contributed by atoms with van der Waals surface area (Å²) in [4.78, 5) is 16.2. The van der Waals surface area contributed by atoms with Crippen LogP contribution in [0.4, 0.5) is 4.79 Å². The van der Waals surface area contributed by atoms with Gasteiger partial charge in [-0.15, -0.1) is 0 Å². The van der Waals surface area contributed by atoms with E-state index >= 15 is 0 Å². The average Bonchev–Trinajstić information content (AvgIpc) is 3.03. The molecule has 6 heteroatoms. The fourth-order valence-corrected chi connectivity index (χ4v) is 2.77. The smallest absolute Gasteiger partial charge is 0.408 e. The lowest BCUT2D eigenvalue weighted by Crippen LogP contribution is -2.34. The van der Waals surface area contributed by atoms with Crippen LogP contribution in [-0.2, 0) is 11.2 Å². The summed E-state index contributed by atoms with van der Waals surface area (Å²) in [5.41, 5.74) is 2.76. The molecule has 3 rings (SSSR count). The maximum absolute atomic E-state index is 11.9. The molecule has 1 aliphatic carbocycles. The maximum Gasteiger partial charge on any atom is 0.408 e. The van der Waals surface area contributed by atoms with Crippen molar-refractivity contribution in [2.24, 2.45) is 0 Å². The quantitative estimate of drug-likeness (QED) is 0.917. The number of benzene rings is 1. The molecular formula is C17H21N3O3. The summed E-state index contributed by atoms with van der Waals surface area (Å²) in [5.74, 6) is 1.14. The lowest BCUT2D eigenvalue weighted by Gasteiger charge is -2.22. The third kappa shape index (κ3) is 3.52. The lowest BCUT2D eigenvalue weighted by molar-refractivity contribution is 0.0503. The Labute approximate surface area is 135 Å². The summed E-state index contributed by atoms with van der Waals surface area (Å²) >= 11 is 0. The number of alkyl carbamates (subject to hydrolysis) is 1. The molecule has 1 heterocycles. The Morgan fingerprint density at radius 2 is 2.17 bits per heavy atom. The molecule has 1 aromatic heterocycles. The predicted octanol–water partition coefficient (Wildman–Crippen LogP) is 3.56. The topological polar surface area (TPSA) is 77.2 Å². The van der Waals surface area contributed by atoms with E-state index in [9.17, 15) is 4.79 Å². The van der Waals surface area contributed by atoms with Gasteiger partial charge in [-0.25, -0.2) is 4.79 Å². The number of aromatic nitrogens is 2. The van der Waals surface area contributed by atoms with E-state index in [-0.39, 0.29) is 12.1 Å². The molecule has 1 N–H and O–H groups in total. The van der Waals surface area contributed by atoms with Gasteiger partial charge in [-0.3, -0.25) is 0 Å². The monoisotopic (exact) mass is 315 g/mol. The zero-order chi connectivity index (χ0) is 16.6. The van der Waals surface area contributed by atoms with Crippen molar-refractivity contribution in [1.29, 1.82) is 0 Å². The molecule has 2 aromatic rings. The first-order valence-electron chi connectivity index (χ1n) is 7.75. The molecule has 122 valence electrons. The SMILES string of the molecule is Cc1nc(-c2ccc3c(c2)CC[C@H]3NC(=O)OC(C)(C)C)no1. The first-order chi connectivity index (χ1) is 10.8. The standard InChI is InChI=1S/C17H21N3O3/c1-10-18-15(20-23-10)12-5-7-13-11(9-12)6-8-14(13)19-16(21)22-17(2,3)4/h5,7,9,14H,6,8H2,1-4H3,(H,19,21)/t14-/m1/s1. The highest BCUT2D eigenvalue weighted by Gasteiger charge is 2.26. The van der Waals surface area contributed by atoms with E-state index in [0.717, 1.165) is 24.0 Å². The third-order valence-electron chi connectivity index (χ3n) is 3.70. The number of nitrogens with one attached hydrogen (secondary N) is 1. The number of rotatable bonds is 2. The highest BCUT2D eigenvalue weighted by atomic mass is 16.6. The number of nitrogens with zero attached hydrogens (tertiary/aromatic N) is 2. The number of hydrogen-bond donors (Lipinski definition) is 1. The van der Waals surface area contributed by atoms with E-state index in [1.165, 1.54) is 5.56 Å². The second kappa shape index (κ2) is 5.68. The fraction of sp³-hybridized carbons (Fsp3) is 0.471. The van der Waals surface area contributed by atoms with Crippen molar-refractivity contribution in [3.05, 3.63) is 35.2 Å². The highest BCUT2D eigenvalue weighted by Crippen LogP contribution is 2.33. The van der Waals surface area contributed by atoms with Crippen LogP contribution in [0.25, 0.3) is 11.4 Å². The van der Waals surface area contributed by atoms with Crippen LogP contribution in [0, 0.1) is 6.92 Å². The molecule has 6 nitrogen and oxygen atoms in total. The van der Waals surface area contributed by atoms with E-state index in [1.54, 1.807) is 6.92 Å². The average molecular weight is 315 g/mol. The van der Waals surface area contributed by atoms with E-state index in [0.29, 0.717) is 11.7 Å². The molecule has 0 radical (unpaired) electrons. The third-order valence-corrected chi connectivity index (χ3v) is 3.70. The highest BCUT2D eigenvalue weighted by molar-refractivity contribution is 5.69. The second-order valence-electron chi connectivity index (χ2n) is 6.79. The Bertz CT molecular complexity index is 731. The number of aryl methyl sites for hydroxylation is 2. The van der Waals surface area contributed by atoms with Crippen LogP contribution in [0.2, 0.25) is 0 Å². The molecule has 0 spiro atoms. The maximum atomic E-state index is 11.9. The number of carbonyl (C=O) groups is 1. The van der Waals surface area contributed by atoms with Gasteiger partial charge in [-0.1, -0.05) is 17.3 Å². The van der Waals surface area contributed by atoms with Crippen molar-refractivity contribution in [1.82, 2.24) is 15.5 Å². The lowest BCUT2D eigenvalue weighted by atomic mass is 10.0. The Balaban J connectivity index is 1.75. The van der Waals surface area contributed by atoms with Crippen molar-refractivity contribution in [3.63, 3.8) is 0 Å². The van der Waals surface area contributed by atoms with E-state index < -0.39 is 5.60 Å². The van der Waals surface area contributed by atoms with Crippen molar-refractivity contribution >= 4 is 6.09 Å². The van der Waals surface area contributed by atoms with Gasteiger partial charge in [-0.2, -0.15) is 4.98 Å². The Morgan fingerprint density at radius 3 is 2.83 bits per heavy atom. The number of ether oxygens (including phenoxy) is 1. The van der Waals surface area contributed by atoms with Crippen LogP contribution in [0.3, 0.4) is 0 Å². The predicted molar refractivity (Wildman–Crippen MR) is 84.9 cm³/mol. The van der Waals surface area contributed by atoms with Crippen molar-refractivity contribution in [2.45, 2.75) is 52.2 Å². The molecule has 0 saturated heterocycles. The summed E-state index contributed by atoms with van der Waals surface area (Å²) in [6.07, 6.45) is 1.39. The summed E-state index contributed by atoms with van der Waals surface area (Å²) < 4.78 is 10.4. The van der Waals surface area contributed by atoms with Crippen LogP contribution in [-0.4, -0.2) is 21.8 Å². The molecule has 23 heavy (non-hydrogen) atoms. The van der Waals surface area contributed by atoms with Gasteiger partial charge in [0, 0.05) is 12.5 Å². The molecule has 0 saturated carbocycles. The van der Waals surface area contributed by atoms with Gasteiger partial charge in [0.2, 0.25) is 11.7 Å². The Kier molecular flexibility index (Phi) is 3.83. The van der Waals surface area contributed by atoms with Crippen molar-refractivity contribution < 1.29 is 14.1 Å². The minimum atomic E-state index is -0.494. The van der Waals surface area contributed by atoms with Crippen LogP contribution in [0.15, 0.2) is 22.7 Å². The zero-order valence-electron chi connectivity index (χ0n) is 13.8. The van der Waals surface area contributed by atoms with Gasteiger partial charge in [0.1, 0.15) is 5.60 Å². The zero-order valence-corrected chi connectivity index (χ0v) is 13.8. The van der Waals surface area contributed by atoms with Crippen LogP contribution >= 0.6 is 0 Å². The van der Waals surface area contributed by atoms with E-state index in [4.69, 9.17) is 9.26 Å². The summed E-state index contributed by atoms with van der Waals surface area (Å²) in [6.45, 7) is 7.34. The van der Waals surface area contributed by atoms with Crippen molar-refractivity contribution in [2.75, 3.05) is 0 Å². The largest absolute Gasteiger partial charge is 0.444 e. The second-order valence-corrected chi connectivity index (χ2v) is 6.79. The molecule has 1 amide bonds. The van der Waals surface area contributed by atoms with Crippen LogP contribution < -0.4 is 5.32 Å². The minimum absolute atomic E-state index is 0.0131. The van der Waals surface area contributed by atoms with Crippen molar-refractivity contribution in [3.8, 4) is 11.4 Å².